The summed E-state index contributed by atoms with van der Waals surface area (Å²) in [7, 11) is 1.61. The molecule has 1 saturated heterocycles. The van der Waals surface area contributed by atoms with Crippen LogP contribution in [0.5, 0.6) is 0 Å². The standard InChI is InChI=1S/C16H22N4O3/c1-4-20-7-5-6-11(20)8-17-14(21)12-10(2)23-15-13(12)16(22)19(3)9-18-15/h9,11H,4-8H2,1-3H3,(H,17,21)/t11-/m1/s1. The molecule has 2 aromatic rings. The second-order valence-corrected chi connectivity index (χ2v) is 6.01. The zero-order chi connectivity index (χ0) is 16.6. The van der Waals surface area contributed by atoms with Crippen LogP contribution in [-0.4, -0.2) is 46.0 Å². The minimum atomic E-state index is -0.270. The Kier molecular flexibility index (Phi) is 4.21. The molecule has 0 unspecified atom stereocenters. The van der Waals surface area contributed by atoms with Gasteiger partial charge < -0.3 is 14.3 Å². The average Bonchev–Trinajstić information content (AvgIpc) is 3.12. The van der Waals surface area contributed by atoms with Gasteiger partial charge in [0.25, 0.3) is 11.5 Å². The number of furan rings is 1. The number of likely N-dealkylation sites (tertiary alicyclic amines) is 1. The highest BCUT2D eigenvalue weighted by Crippen LogP contribution is 2.21. The van der Waals surface area contributed by atoms with Gasteiger partial charge in [-0.05, 0) is 32.9 Å². The van der Waals surface area contributed by atoms with Crippen molar-refractivity contribution in [1.29, 1.82) is 0 Å². The predicted molar refractivity (Wildman–Crippen MR) is 86.6 cm³/mol. The maximum Gasteiger partial charge on any atom is 0.265 e. The maximum atomic E-state index is 12.6. The van der Waals surface area contributed by atoms with Gasteiger partial charge in [-0.15, -0.1) is 0 Å². The minimum absolute atomic E-state index is 0.215. The van der Waals surface area contributed by atoms with E-state index in [1.165, 1.54) is 10.9 Å². The minimum Gasteiger partial charge on any atom is -0.442 e. The monoisotopic (exact) mass is 318 g/mol. The number of hydrogen-bond donors (Lipinski definition) is 1. The number of amides is 1. The highest BCUT2D eigenvalue weighted by atomic mass is 16.3. The fourth-order valence-corrected chi connectivity index (χ4v) is 3.30. The smallest absolute Gasteiger partial charge is 0.265 e. The fraction of sp³-hybridized carbons (Fsp3) is 0.562. The topological polar surface area (TPSA) is 80.4 Å². The van der Waals surface area contributed by atoms with Gasteiger partial charge in [0, 0.05) is 19.6 Å². The van der Waals surface area contributed by atoms with Crippen LogP contribution in [0.1, 0.15) is 35.9 Å². The quantitative estimate of drug-likeness (QED) is 0.911. The summed E-state index contributed by atoms with van der Waals surface area (Å²) in [5, 5.41) is 3.21. The van der Waals surface area contributed by atoms with E-state index in [0.29, 0.717) is 23.9 Å². The summed E-state index contributed by atoms with van der Waals surface area (Å²) in [6.45, 7) is 6.46. The second-order valence-electron chi connectivity index (χ2n) is 6.01. The number of aryl methyl sites for hydroxylation is 2. The number of rotatable bonds is 4. The summed E-state index contributed by atoms with van der Waals surface area (Å²) in [6.07, 6.45) is 3.64. The number of hydrogen-bond acceptors (Lipinski definition) is 5. The lowest BCUT2D eigenvalue weighted by Gasteiger charge is -2.22. The number of fused-ring (bicyclic) bond motifs is 1. The number of nitrogens with zero attached hydrogens (tertiary/aromatic N) is 3. The molecular formula is C16H22N4O3. The van der Waals surface area contributed by atoms with Crippen LogP contribution < -0.4 is 10.9 Å². The Morgan fingerprint density at radius 3 is 3.04 bits per heavy atom. The molecule has 23 heavy (non-hydrogen) atoms. The number of aromatic nitrogens is 2. The number of carbonyl (C=O) groups excluding carboxylic acids is 1. The van der Waals surface area contributed by atoms with Crippen LogP contribution in [0.3, 0.4) is 0 Å². The molecule has 124 valence electrons. The highest BCUT2D eigenvalue weighted by molar-refractivity contribution is 6.06. The van der Waals surface area contributed by atoms with Crippen molar-refractivity contribution in [3.8, 4) is 0 Å². The lowest BCUT2D eigenvalue weighted by molar-refractivity contribution is 0.0941. The molecule has 1 atom stereocenters. The predicted octanol–water partition coefficient (Wildman–Crippen LogP) is 1.05. The molecule has 3 rings (SSSR count). The van der Waals surface area contributed by atoms with E-state index in [4.69, 9.17) is 4.42 Å². The van der Waals surface area contributed by atoms with E-state index in [1.54, 1.807) is 14.0 Å². The molecular weight excluding hydrogens is 296 g/mol. The van der Waals surface area contributed by atoms with Gasteiger partial charge in [-0.3, -0.25) is 14.5 Å². The van der Waals surface area contributed by atoms with Crippen molar-refractivity contribution in [1.82, 2.24) is 19.8 Å². The molecule has 1 amide bonds. The van der Waals surface area contributed by atoms with E-state index in [0.717, 1.165) is 25.9 Å². The molecule has 2 aromatic heterocycles. The first-order valence-electron chi connectivity index (χ1n) is 8.00. The normalized spacial score (nSPS) is 18.7. The number of carbonyl (C=O) groups is 1. The van der Waals surface area contributed by atoms with E-state index in [1.807, 2.05) is 0 Å². The molecule has 0 aliphatic carbocycles. The molecule has 1 N–H and O–H groups in total. The summed E-state index contributed by atoms with van der Waals surface area (Å²) in [4.78, 5) is 31.3. The van der Waals surface area contributed by atoms with E-state index < -0.39 is 0 Å². The SMILES string of the molecule is CCN1CCC[C@@H]1CNC(=O)c1c(C)oc2ncn(C)c(=O)c12. The van der Waals surface area contributed by atoms with Gasteiger partial charge in [0.1, 0.15) is 17.5 Å². The van der Waals surface area contributed by atoms with E-state index in [-0.39, 0.29) is 22.6 Å². The molecule has 0 aromatic carbocycles. The Balaban J connectivity index is 1.85. The Labute approximate surface area is 134 Å². The third-order valence-electron chi connectivity index (χ3n) is 4.58. The molecule has 7 nitrogen and oxygen atoms in total. The van der Waals surface area contributed by atoms with Crippen LogP contribution >= 0.6 is 0 Å². The Morgan fingerprint density at radius 1 is 1.52 bits per heavy atom. The summed E-state index contributed by atoms with van der Waals surface area (Å²) < 4.78 is 6.83. The van der Waals surface area contributed by atoms with Gasteiger partial charge in [0.2, 0.25) is 5.71 Å². The third-order valence-corrected chi connectivity index (χ3v) is 4.58. The molecule has 0 bridgehead atoms. The molecule has 1 aliphatic rings. The van der Waals surface area contributed by atoms with Gasteiger partial charge in [-0.1, -0.05) is 6.92 Å². The van der Waals surface area contributed by atoms with Crippen LogP contribution in [0.4, 0.5) is 0 Å². The Morgan fingerprint density at radius 2 is 2.30 bits per heavy atom. The first kappa shape index (κ1) is 15.7. The summed E-state index contributed by atoms with van der Waals surface area (Å²) in [6, 6.07) is 0.364. The second kappa shape index (κ2) is 6.16. The molecule has 3 heterocycles. The fourth-order valence-electron chi connectivity index (χ4n) is 3.30. The number of likely N-dealkylation sites (N-methyl/N-ethyl adjacent to an activating group) is 1. The molecule has 1 fully saturated rings. The van der Waals surface area contributed by atoms with Crippen molar-refractivity contribution in [3.05, 3.63) is 28.0 Å². The van der Waals surface area contributed by atoms with Gasteiger partial charge >= 0.3 is 0 Å². The highest BCUT2D eigenvalue weighted by Gasteiger charge is 2.26. The van der Waals surface area contributed by atoms with Crippen LogP contribution in [0.15, 0.2) is 15.5 Å². The van der Waals surface area contributed by atoms with Crippen LogP contribution in [0.2, 0.25) is 0 Å². The molecule has 1 aliphatic heterocycles. The zero-order valence-corrected chi connectivity index (χ0v) is 13.8. The van der Waals surface area contributed by atoms with Gasteiger partial charge in [-0.2, -0.15) is 0 Å². The average molecular weight is 318 g/mol. The lowest BCUT2D eigenvalue weighted by atomic mass is 10.1. The van der Waals surface area contributed by atoms with E-state index in [2.05, 4.69) is 22.1 Å². The van der Waals surface area contributed by atoms with Crippen molar-refractivity contribution >= 4 is 17.0 Å². The Bertz CT molecular complexity index is 792. The van der Waals surface area contributed by atoms with Crippen LogP contribution in [-0.2, 0) is 7.05 Å². The Hall–Kier alpha value is -2.15. The summed E-state index contributed by atoms with van der Waals surface area (Å²) in [5.74, 6) is 0.154. The molecule has 0 saturated carbocycles. The maximum absolute atomic E-state index is 12.6. The van der Waals surface area contributed by atoms with Crippen molar-refractivity contribution in [2.24, 2.45) is 7.05 Å². The van der Waals surface area contributed by atoms with Crippen LogP contribution in [0, 0.1) is 6.92 Å². The van der Waals surface area contributed by atoms with Crippen LogP contribution in [0.25, 0.3) is 11.1 Å². The molecule has 0 radical (unpaired) electrons. The van der Waals surface area contributed by atoms with E-state index in [9.17, 15) is 9.59 Å². The molecule has 7 heteroatoms. The van der Waals surface area contributed by atoms with Crippen molar-refractivity contribution < 1.29 is 9.21 Å². The third kappa shape index (κ3) is 2.76. The van der Waals surface area contributed by atoms with Crippen molar-refractivity contribution in [2.75, 3.05) is 19.6 Å². The molecule has 0 spiro atoms. The zero-order valence-electron chi connectivity index (χ0n) is 13.8. The van der Waals surface area contributed by atoms with Gasteiger partial charge in [0.15, 0.2) is 0 Å². The number of nitrogens with one attached hydrogen (secondary N) is 1. The first-order chi connectivity index (χ1) is 11.0. The van der Waals surface area contributed by atoms with Crippen molar-refractivity contribution in [3.63, 3.8) is 0 Å². The van der Waals surface area contributed by atoms with Crippen molar-refractivity contribution in [2.45, 2.75) is 32.7 Å². The van der Waals surface area contributed by atoms with E-state index >= 15 is 0 Å². The summed E-state index contributed by atoms with van der Waals surface area (Å²) >= 11 is 0. The summed E-state index contributed by atoms with van der Waals surface area (Å²) in [5.41, 5.74) is 0.245. The lowest BCUT2D eigenvalue weighted by Crippen LogP contribution is -2.40. The largest absolute Gasteiger partial charge is 0.442 e. The van der Waals surface area contributed by atoms with Gasteiger partial charge in [-0.25, -0.2) is 4.98 Å². The van der Waals surface area contributed by atoms with Gasteiger partial charge in [0.05, 0.1) is 5.56 Å². The first-order valence-corrected chi connectivity index (χ1v) is 8.00.